The van der Waals surface area contributed by atoms with Crippen LogP contribution in [-0.4, -0.2) is 15.2 Å². The number of hydrogen-bond donors (Lipinski definition) is 0. The quantitative estimate of drug-likeness (QED) is 0.487. The predicted molar refractivity (Wildman–Crippen MR) is 46.9 cm³/mol. The third-order valence-corrected chi connectivity index (χ3v) is 2.76. The van der Waals surface area contributed by atoms with Crippen LogP contribution in [0.3, 0.4) is 0 Å². The Balaban J connectivity index is 0.000001000. The minimum atomic E-state index is 0. The maximum atomic E-state index is 2.28. The predicted octanol–water partition coefficient (Wildman–Crippen LogP) is -1.15. The standard InChI is InChI=1S/C6H5.C3H7.Al.FH/c1-2-4-6-5-3-1;1-3-2;;/h1-5H;3H,1-2H3;;1H/q;;+1;/p-1. The average Bonchev–Trinajstić information content (AvgIpc) is 1.88. The summed E-state index contributed by atoms with van der Waals surface area (Å²) in [5.41, 5.74) is 0. The fourth-order valence-electron chi connectivity index (χ4n) is 0.949. The van der Waals surface area contributed by atoms with Gasteiger partial charge in [0.05, 0.1) is 0 Å². The summed E-state index contributed by atoms with van der Waals surface area (Å²) in [6.45, 7) is 4.56. The van der Waals surface area contributed by atoms with Gasteiger partial charge in [-0.25, -0.2) is 0 Å². The minimum Gasteiger partial charge on any atom is -1.00 e. The molecule has 0 bridgehead atoms. The Morgan fingerprint density at radius 2 is 1.64 bits per heavy atom. The van der Waals surface area contributed by atoms with E-state index in [1.54, 1.807) is 0 Å². The second kappa shape index (κ2) is 5.35. The Hall–Kier alpha value is -0.318. The third-order valence-electron chi connectivity index (χ3n) is 1.33. The molecule has 2 heteroatoms. The van der Waals surface area contributed by atoms with Crippen molar-refractivity contribution in [3.05, 3.63) is 30.3 Å². The van der Waals surface area contributed by atoms with Crippen molar-refractivity contribution in [3.8, 4) is 0 Å². The summed E-state index contributed by atoms with van der Waals surface area (Å²) in [7, 11) is 0. The van der Waals surface area contributed by atoms with Gasteiger partial charge in [-0.3, -0.25) is 0 Å². The first-order chi connectivity index (χ1) is 4.79. The zero-order valence-corrected chi connectivity index (χ0v) is 8.07. The van der Waals surface area contributed by atoms with Crippen LogP contribution in [-0.2, 0) is 0 Å². The molecule has 0 spiro atoms. The Labute approximate surface area is 73.7 Å². The molecule has 58 valence electrons. The van der Waals surface area contributed by atoms with E-state index in [0.29, 0.717) is 15.2 Å². The van der Waals surface area contributed by atoms with Crippen molar-refractivity contribution >= 4 is 19.6 Å². The van der Waals surface area contributed by atoms with E-state index >= 15 is 0 Å². The van der Waals surface area contributed by atoms with Crippen LogP contribution >= 0.6 is 0 Å². The average molecular weight is 166 g/mol. The van der Waals surface area contributed by atoms with Gasteiger partial charge in [-0.1, -0.05) is 0 Å². The monoisotopic (exact) mass is 166 g/mol. The molecule has 0 heterocycles. The molecule has 0 radical (unpaired) electrons. The van der Waals surface area contributed by atoms with Crippen molar-refractivity contribution in [3.63, 3.8) is 0 Å². The summed E-state index contributed by atoms with van der Waals surface area (Å²) in [5.74, 6) is 0. The molecule has 0 N–H and O–H groups in total. The Bertz CT molecular complexity index is 184. The number of rotatable bonds is 2. The van der Waals surface area contributed by atoms with E-state index in [9.17, 15) is 0 Å². The summed E-state index contributed by atoms with van der Waals surface area (Å²) >= 11 is 0.492. The Kier molecular flexibility index (Phi) is 5.19. The molecule has 0 saturated carbocycles. The van der Waals surface area contributed by atoms with Crippen LogP contribution in [0.5, 0.6) is 0 Å². The summed E-state index contributed by atoms with van der Waals surface area (Å²) in [5, 5.41) is 0. The summed E-state index contributed by atoms with van der Waals surface area (Å²) in [6, 6.07) is 10.7. The van der Waals surface area contributed by atoms with Gasteiger partial charge in [0.15, 0.2) is 0 Å². The van der Waals surface area contributed by atoms with Crippen molar-refractivity contribution in [2.75, 3.05) is 0 Å². The molecule has 0 atom stereocenters. The van der Waals surface area contributed by atoms with E-state index < -0.39 is 0 Å². The Morgan fingerprint density at radius 3 is 2.09 bits per heavy atom. The minimum absolute atomic E-state index is 0. The number of hydrogen-bond acceptors (Lipinski definition) is 0. The summed E-state index contributed by atoms with van der Waals surface area (Å²) < 4.78 is 2.37. The molecule has 1 rings (SSSR count). The van der Waals surface area contributed by atoms with Gasteiger partial charge >= 0.3 is 68.6 Å². The molecular formula is C9H12AlF. The van der Waals surface area contributed by atoms with Crippen LogP contribution in [0.4, 0.5) is 0 Å². The van der Waals surface area contributed by atoms with Crippen LogP contribution in [0.1, 0.15) is 13.8 Å². The van der Waals surface area contributed by atoms with Crippen LogP contribution in [0, 0.1) is 0 Å². The van der Waals surface area contributed by atoms with Gasteiger partial charge in [-0.2, -0.15) is 0 Å². The number of halogens is 1. The molecule has 1 aromatic carbocycles. The van der Waals surface area contributed by atoms with Gasteiger partial charge < -0.3 is 4.70 Å². The van der Waals surface area contributed by atoms with Gasteiger partial charge in [0, 0.05) is 0 Å². The first-order valence-corrected chi connectivity index (χ1v) is 4.93. The van der Waals surface area contributed by atoms with Gasteiger partial charge in [0.2, 0.25) is 0 Å². The maximum absolute atomic E-state index is 2.28. The zero-order chi connectivity index (χ0) is 7.40. The number of benzene rings is 1. The van der Waals surface area contributed by atoms with Gasteiger partial charge in [-0.05, 0) is 0 Å². The van der Waals surface area contributed by atoms with Gasteiger partial charge in [0.1, 0.15) is 0 Å². The molecule has 0 aliphatic carbocycles. The summed E-state index contributed by atoms with van der Waals surface area (Å²) in [4.78, 5) is 0. The topological polar surface area (TPSA) is 0 Å². The third kappa shape index (κ3) is 4.19. The van der Waals surface area contributed by atoms with Crippen LogP contribution in [0.15, 0.2) is 30.3 Å². The molecular weight excluding hydrogens is 154 g/mol. The van der Waals surface area contributed by atoms with E-state index in [2.05, 4.69) is 44.2 Å². The second-order valence-electron chi connectivity index (χ2n) is 2.82. The van der Waals surface area contributed by atoms with Crippen LogP contribution in [0.2, 0.25) is 4.78 Å². The van der Waals surface area contributed by atoms with Gasteiger partial charge in [0.25, 0.3) is 0 Å². The zero-order valence-electron chi connectivity index (χ0n) is 6.92. The van der Waals surface area contributed by atoms with E-state index in [4.69, 9.17) is 0 Å². The van der Waals surface area contributed by atoms with Crippen molar-refractivity contribution in [2.45, 2.75) is 18.6 Å². The molecule has 0 aromatic heterocycles. The van der Waals surface area contributed by atoms with Gasteiger partial charge in [-0.15, -0.1) is 0 Å². The molecule has 11 heavy (non-hydrogen) atoms. The maximum Gasteiger partial charge on any atom is -1.00 e. The molecule has 0 amide bonds. The van der Waals surface area contributed by atoms with E-state index in [0.717, 1.165) is 4.78 Å². The summed E-state index contributed by atoms with van der Waals surface area (Å²) in [6.07, 6.45) is 0. The normalized spacial score (nSPS) is 8.64. The first kappa shape index (κ1) is 10.7. The molecule has 1 aromatic rings. The Morgan fingerprint density at radius 1 is 1.09 bits per heavy atom. The van der Waals surface area contributed by atoms with Crippen molar-refractivity contribution in [1.29, 1.82) is 0 Å². The van der Waals surface area contributed by atoms with E-state index in [1.807, 2.05) is 0 Å². The molecule has 0 aliphatic rings. The van der Waals surface area contributed by atoms with Crippen LogP contribution in [0.25, 0.3) is 0 Å². The molecule has 0 aliphatic heterocycles. The largest absolute Gasteiger partial charge is 1.00 e. The fourth-order valence-corrected chi connectivity index (χ4v) is 2.16. The smallest absolute Gasteiger partial charge is 1.00 e. The first-order valence-electron chi connectivity index (χ1n) is 3.69. The molecule has 0 fully saturated rings. The van der Waals surface area contributed by atoms with Crippen LogP contribution < -0.4 is 9.13 Å². The van der Waals surface area contributed by atoms with E-state index in [1.165, 1.54) is 4.43 Å². The molecule has 0 saturated heterocycles. The second-order valence-corrected chi connectivity index (χ2v) is 5.15. The van der Waals surface area contributed by atoms with Crippen molar-refractivity contribution in [2.24, 2.45) is 0 Å². The SMILES string of the molecule is C[CH](C)[Al+][c]1ccccc1.[F-]. The fraction of sp³-hybridized carbons (Fsp3) is 0.333. The molecule has 0 unspecified atom stereocenters. The van der Waals surface area contributed by atoms with Crippen molar-refractivity contribution in [1.82, 2.24) is 0 Å². The molecule has 0 nitrogen and oxygen atoms in total. The van der Waals surface area contributed by atoms with E-state index in [-0.39, 0.29) is 4.70 Å². The van der Waals surface area contributed by atoms with Crippen molar-refractivity contribution < 1.29 is 4.70 Å².